The molecule has 0 amide bonds. The largest absolute Gasteiger partial charge is 0.478 e. The number of hydrogen-bond donors (Lipinski definition) is 1. The molecular weight excluding hydrogens is 232 g/mol. The van der Waals surface area contributed by atoms with Crippen molar-refractivity contribution in [3.05, 3.63) is 48.1 Å². The summed E-state index contributed by atoms with van der Waals surface area (Å²) in [7, 11) is 0. The lowest BCUT2D eigenvalue weighted by atomic mass is 10.2. The first kappa shape index (κ1) is 13.6. The molecule has 0 saturated heterocycles. The molecule has 1 aromatic rings. The van der Waals surface area contributed by atoms with E-state index in [0.29, 0.717) is 5.25 Å². The number of allylic oxidation sites excluding steroid dienone is 2. The van der Waals surface area contributed by atoms with Crippen LogP contribution in [0.5, 0.6) is 0 Å². The summed E-state index contributed by atoms with van der Waals surface area (Å²) in [5.74, 6) is -0.932. The summed E-state index contributed by atoms with van der Waals surface area (Å²) in [4.78, 5) is 11.5. The molecule has 0 saturated carbocycles. The zero-order valence-electron chi connectivity index (χ0n) is 9.96. The van der Waals surface area contributed by atoms with Crippen LogP contribution in [-0.4, -0.2) is 16.3 Å². The highest BCUT2D eigenvalue weighted by Crippen LogP contribution is 2.23. The second kappa shape index (κ2) is 6.97. The molecule has 0 aliphatic heterocycles. The summed E-state index contributed by atoms with van der Waals surface area (Å²) in [5.41, 5.74) is 1.06. The monoisotopic (exact) mass is 248 g/mol. The molecule has 0 radical (unpaired) electrons. The third-order valence-electron chi connectivity index (χ3n) is 1.89. The summed E-state index contributed by atoms with van der Waals surface area (Å²) in [6, 6.07) is 8.20. The van der Waals surface area contributed by atoms with Gasteiger partial charge in [0.2, 0.25) is 0 Å². The number of aliphatic carboxylic acids is 1. The van der Waals surface area contributed by atoms with Crippen molar-refractivity contribution in [1.29, 1.82) is 0 Å². The molecule has 1 rings (SSSR count). The topological polar surface area (TPSA) is 37.3 Å². The standard InChI is InChI=1S/C14H16O2S/c1-11(2)17-13-9-7-12(8-10-13)5-3-4-6-14(15)16/h3-11H,1-2H3,(H,15,16)/b5-3+,6-4+. The van der Waals surface area contributed by atoms with Crippen LogP contribution in [0.2, 0.25) is 0 Å². The Morgan fingerprint density at radius 2 is 1.88 bits per heavy atom. The van der Waals surface area contributed by atoms with Gasteiger partial charge in [-0.15, -0.1) is 11.8 Å². The maximum Gasteiger partial charge on any atom is 0.328 e. The molecule has 1 aromatic carbocycles. The minimum atomic E-state index is -0.932. The van der Waals surface area contributed by atoms with Crippen LogP contribution in [0.15, 0.2) is 47.4 Å². The lowest BCUT2D eigenvalue weighted by Crippen LogP contribution is -1.85. The van der Waals surface area contributed by atoms with E-state index in [1.165, 1.54) is 11.0 Å². The number of carbonyl (C=O) groups is 1. The van der Waals surface area contributed by atoms with Crippen molar-refractivity contribution >= 4 is 23.8 Å². The van der Waals surface area contributed by atoms with Gasteiger partial charge < -0.3 is 5.11 Å². The van der Waals surface area contributed by atoms with Gasteiger partial charge in [-0.25, -0.2) is 4.79 Å². The van der Waals surface area contributed by atoms with Gasteiger partial charge in [0.15, 0.2) is 0 Å². The van der Waals surface area contributed by atoms with Gasteiger partial charge in [-0.05, 0) is 17.7 Å². The number of carboxylic acids is 1. The van der Waals surface area contributed by atoms with Crippen molar-refractivity contribution in [2.24, 2.45) is 0 Å². The van der Waals surface area contributed by atoms with Crippen molar-refractivity contribution in [1.82, 2.24) is 0 Å². The normalized spacial score (nSPS) is 11.7. The van der Waals surface area contributed by atoms with Crippen molar-refractivity contribution in [2.45, 2.75) is 24.0 Å². The maximum atomic E-state index is 10.2. The second-order valence-electron chi connectivity index (χ2n) is 3.79. The first-order valence-electron chi connectivity index (χ1n) is 5.42. The Labute approximate surface area is 106 Å². The molecule has 0 unspecified atom stereocenters. The number of thioether (sulfide) groups is 1. The van der Waals surface area contributed by atoms with Gasteiger partial charge in [-0.2, -0.15) is 0 Å². The van der Waals surface area contributed by atoms with Gasteiger partial charge in [0, 0.05) is 16.2 Å². The molecule has 3 heteroatoms. The smallest absolute Gasteiger partial charge is 0.328 e. The fourth-order valence-electron chi connectivity index (χ4n) is 1.23. The summed E-state index contributed by atoms with van der Waals surface area (Å²) < 4.78 is 0. The van der Waals surface area contributed by atoms with Crippen LogP contribution in [0.3, 0.4) is 0 Å². The molecule has 0 heterocycles. The fraction of sp³-hybridized carbons (Fsp3) is 0.214. The van der Waals surface area contributed by atoms with Crippen LogP contribution in [0.4, 0.5) is 0 Å². The Balaban J connectivity index is 2.59. The minimum absolute atomic E-state index is 0.579. The Kier molecular flexibility index (Phi) is 5.57. The number of rotatable bonds is 5. The van der Waals surface area contributed by atoms with Crippen LogP contribution in [-0.2, 0) is 4.79 Å². The number of carboxylic acid groups (broad SMARTS) is 1. The van der Waals surface area contributed by atoms with E-state index >= 15 is 0 Å². The third kappa shape index (κ3) is 5.97. The maximum absolute atomic E-state index is 10.2. The second-order valence-corrected chi connectivity index (χ2v) is 5.44. The molecule has 0 spiro atoms. The van der Waals surface area contributed by atoms with Crippen LogP contribution < -0.4 is 0 Å². The van der Waals surface area contributed by atoms with Gasteiger partial charge in [-0.3, -0.25) is 0 Å². The first-order valence-corrected chi connectivity index (χ1v) is 6.30. The van der Waals surface area contributed by atoms with Gasteiger partial charge >= 0.3 is 5.97 Å². The Morgan fingerprint density at radius 3 is 2.41 bits per heavy atom. The van der Waals surface area contributed by atoms with Crippen molar-refractivity contribution in [3.63, 3.8) is 0 Å². The third-order valence-corrected chi connectivity index (χ3v) is 2.91. The Hall–Kier alpha value is -1.48. The first-order chi connectivity index (χ1) is 8.08. The van der Waals surface area contributed by atoms with E-state index in [1.54, 1.807) is 6.08 Å². The van der Waals surface area contributed by atoms with E-state index < -0.39 is 5.97 Å². The zero-order chi connectivity index (χ0) is 12.7. The van der Waals surface area contributed by atoms with Crippen LogP contribution in [0.1, 0.15) is 19.4 Å². The van der Waals surface area contributed by atoms with Gasteiger partial charge in [0.1, 0.15) is 0 Å². The zero-order valence-corrected chi connectivity index (χ0v) is 10.8. The average molecular weight is 248 g/mol. The number of hydrogen-bond acceptors (Lipinski definition) is 2. The van der Waals surface area contributed by atoms with Crippen molar-refractivity contribution < 1.29 is 9.90 Å². The van der Waals surface area contributed by atoms with E-state index in [4.69, 9.17) is 5.11 Å². The predicted molar refractivity (Wildman–Crippen MR) is 73.2 cm³/mol. The molecule has 90 valence electrons. The van der Waals surface area contributed by atoms with E-state index in [-0.39, 0.29) is 0 Å². The van der Waals surface area contributed by atoms with Crippen LogP contribution in [0, 0.1) is 0 Å². The molecule has 0 aliphatic carbocycles. The minimum Gasteiger partial charge on any atom is -0.478 e. The van der Waals surface area contributed by atoms with Gasteiger partial charge in [0.25, 0.3) is 0 Å². The van der Waals surface area contributed by atoms with E-state index in [0.717, 1.165) is 11.6 Å². The van der Waals surface area contributed by atoms with Gasteiger partial charge in [-0.1, -0.05) is 44.2 Å². The van der Waals surface area contributed by atoms with Crippen LogP contribution in [0.25, 0.3) is 6.08 Å². The molecule has 1 N–H and O–H groups in total. The van der Waals surface area contributed by atoms with Crippen molar-refractivity contribution in [2.75, 3.05) is 0 Å². The van der Waals surface area contributed by atoms with E-state index in [1.807, 2.05) is 30.0 Å². The molecule has 2 nitrogen and oxygen atoms in total. The Bertz CT molecular complexity index is 416. The molecule has 0 fully saturated rings. The summed E-state index contributed by atoms with van der Waals surface area (Å²) in [6.45, 7) is 4.32. The lowest BCUT2D eigenvalue weighted by Gasteiger charge is -2.04. The molecule has 0 aliphatic rings. The summed E-state index contributed by atoms with van der Waals surface area (Å²) in [6.07, 6.45) is 6.22. The van der Waals surface area contributed by atoms with E-state index in [9.17, 15) is 4.79 Å². The van der Waals surface area contributed by atoms with Crippen LogP contribution >= 0.6 is 11.8 Å². The van der Waals surface area contributed by atoms with E-state index in [2.05, 4.69) is 26.0 Å². The molecular formula is C14H16O2S. The molecule has 0 atom stereocenters. The van der Waals surface area contributed by atoms with Crippen molar-refractivity contribution in [3.8, 4) is 0 Å². The summed E-state index contributed by atoms with van der Waals surface area (Å²) >= 11 is 1.82. The Morgan fingerprint density at radius 1 is 1.24 bits per heavy atom. The predicted octanol–water partition coefficient (Wildman–Crippen LogP) is 3.84. The fourth-order valence-corrected chi connectivity index (χ4v) is 2.07. The van der Waals surface area contributed by atoms with Gasteiger partial charge in [0.05, 0.1) is 0 Å². The summed E-state index contributed by atoms with van der Waals surface area (Å²) in [5, 5.41) is 8.99. The highest BCUT2D eigenvalue weighted by molar-refractivity contribution is 7.99. The molecule has 0 aromatic heterocycles. The lowest BCUT2D eigenvalue weighted by molar-refractivity contribution is -0.131. The highest BCUT2D eigenvalue weighted by Gasteiger charge is 1.96. The quantitative estimate of drug-likeness (QED) is 0.488. The molecule has 17 heavy (non-hydrogen) atoms. The number of benzene rings is 1. The average Bonchev–Trinajstić information content (AvgIpc) is 2.25. The highest BCUT2D eigenvalue weighted by atomic mass is 32.2. The molecule has 0 bridgehead atoms. The SMILES string of the molecule is CC(C)Sc1ccc(/C=C/C=C/C(=O)O)cc1.